The van der Waals surface area contributed by atoms with Gasteiger partial charge in [-0.15, -0.1) is 0 Å². The average Bonchev–Trinajstić information content (AvgIpc) is 2.55. The second-order valence-electron chi connectivity index (χ2n) is 6.87. The Morgan fingerprint density at radius 1 is 1.12 bits per heavy atom. The van der Waals surface area contributed by atoms with Crippen LogP contribution in [0.15, 0.2) is 18.2 Å². The molecular formula is C19H30F3NO2. The van der Waals surface area contributed by atoms with Crippen molar-refractivity contribution in [2.45, 2.75) is 70.5 Å². The van der Waals surface area contributed by atoms with E-state index in [9.17, 15) is 18.3 Å². The molecule has 0 saturated carbocycles. The average molecular weight is 361 g/mol. The van der Waals surface area contributed by atoms with Crippen LogP contribution in [-0.2, 0) is 12.6 Å². The van der Waals surface area contributed by atoms with E-state index in [4.69, 9.17) is 10.5 Å². The van der Waals surface area contributed by atoms with Crippen molar-refractivity contribution in [1.82, 2.24) is 0 Å². The first kappa shape index (κ1) is 21.8. The minimum Gasteiger partial charge on any atom is -0.493 e. The summed E-state index contributed by atoms with van der Waals surface area (Å²) in [5.41, 5.74) is 4.80. The van der Waals surface area contributed by atoms with E-state index in [0.717, 1.165) is 38.2 Å². The molecule has 0 fully saturated rings. The highest BCUT2D eigenvalue weighted by Crippen LogP contribution is 2.39. The van der Waals surface area contributed by atoms with Crippen molar-refractivity contribution in [2.24, 2.45) is 5.73 Å². The number of rotatable bonds is 11. The third-order valence-corrected chi connectivity index (χ3v) is 4.22. The lowest BCUT2D eigenvalue weighted by Crippen LogP contribution is -2.40. The Hall–Kier alpha value is -1.27. The van der Waals surface area contributed by atoms with Crippen LogP contribution in [0.1, 0.15) is 63.5 Å². The van der Waals surface area contributed by atoms with Crippen molar-refractivity contribution >= 4 is 0 Å². The van der Waals surface area contributed by atoms with Crippen LogP contribution >= 0.6 is 0 Å². The molecule has 25 heavy (non-hydrogen) atoms. The molecule has 0 aromatic heterocycles. The van der Waals surface area contributed by atoms with Crippen LogP contribution in [0.3, 0.4) is 0 Å². The summed E-state index contributed by atoms with van der Waals surface area (Å²) in [6.45, 7) is 3.83. The minimum absolute atomic E-state index is 0.0979. The largest absolute Gasteiger partial charge is 0.493 e. The van der Waals surface area contributed by atoms with Gasteiger partial charge in [-0.25, -0.2) is 0 Å². The van der Waals surface area contributed by atoms with Crippen molar-refractivity contribution in [3.05, 3.63) is 29.3 Å². The van der Waals surface area contributed by atoms with Gasteiger partial charge < -0.3 is 15.6 Å². The number of hydrogen-bond acceptors (Lipinski definition) is 3. The quantitative estimate of drug-likeness (QED) is 0.562. The van der Waals surface area contributed by atoms with E-state index < -0.39 is 17.3 Å². The first-order valence-corrected chi connectivity index (χ1v) is 8.93. The van der Waals surface area contributed by atoms with E-state index in [1.165, 1.54) is 6.07 Å². The lowest BCUT2D eigenvalue weighted by Gasteiger charge is -2.23. The zero-order valence-corrected chi connectivity index (χ0v) is 15.2. The number of para-hydroxylation sites is 1. The maximum Gasteiger partial charge on any atom is 0.419 e. The van der Waals surface area contributed by atoms with E-state index in [-0.39, 0.29) is 19.0 Å². The summed E-state index contributed by atoms with van der Waals surface area (Å²) in [6, 6.07) is 4.07. The van der Waals surface area contributed by atoms with Gasteiger partial charge in [0.15, 0.2) is 0 Å². The van der Waals surface area contributed by atoms with Gasteiger partial charge >= 0.3 is 6.18 Å². The van der Waals surface area contributed by atoms with Crippen molar-refractivity contribution in [2.75, 3.05) is 13.2 Å². The molecule has 0 heterocycles. The Bertz CT molecular complexity index is 516. The third-order valence-electron chi connectivity index (χ3n) is 4.22. The zero-order valence-electron chi connectivity index (χ0n) is 15.2. The van der Waals surface area contributed by atoms with Gasteiger partial charge in [0.1, 0.15) is 5.75 Å². The summed E-state index contributed by atoms with van der Waals surface area (Å²) in [6.07, 6.45) is 1.22. The second kappa shape index (κ2) is 10.0. The van der Waals surface area contributed by atoms with Crippen LogP contribution in [-0.4, -0.2) is 23.9 Å². The number of benzene rings is 1. The van der Waals surface area contributed by atoms with Crippen molar-refractivity contribution in [1.29, 1.82) is 0 Å². The van der Waals surface area contributed by atoms with Crippen molar-refractivity contribution in [3.8, 4) is 5.75 Å². The highest BCUT2D eigenvalue weighted by molar-refractivity contribution is 5.43. The minimum atomic E-state index is -4.46. The number of unbranched alkanes of at least 4 members (excludes halogenated alkanes) is 4. The van der Waals surface area contributed by atoms with Crippen molar-refractivity contribution in [3.63, 3.8) is 0 Å². The number of aryl methyl sites for hydroxylation is 1. The monoisotopic (exact) mass is 361 g/mol. The van der Waals surface area contributed by atoms with Gasteiger partial charge in [0, 0.05) is 5.54 Å². The van der Waals surface area contributed by atoms with Crippen LogP contribution in [0.4, 0.5) is 13.2 Å². The molecule has 0 saturated heterocycles. The van der Waals surface area contributed by atoms with Crippen LogP contribution in [0.5, 0.6) is 5.75 Å². The van der Waals surface area contributed by atoms with E-state index >= 15 is 0 Å². The molecule has 0 aliphatic rings. The Morgan fingerprint density at radius 2 is 1.80 bits per heavy atom. The molecule has 1 rings (SSSR count). The molecule has 1 aromatic carbocycles. The standard InChI is InChI=1S/C19H30F3NO2/c1-3-4-5-6-7-13-25-17-15(11-12-18(2,23)14-24)9-8-10-16(17)19(20,21)22/h8-10,24H,3-7,11-14,23H2,1-2H3. The molecular weight excluding hydrogens is 331 g/mol. The Morgan fingerprint density at radius 3 is 2.40 bits per heavy atom. The lowest BCUT2D eigenvalue weighted by molar-refractivity contribution is -0.139. The molecule has 0 radical (unpaired) electrons. The molecule has 6 heteroatoms. The highest BCUT2D eigenvalue weighted by Gasteiger charge is 2.35. The summed E-state index contributed by atoms with van der Waals surface area (Å²) >= 11 is 0. The molecule has 3 N–H and O–H groups in total. The molecule has 0 amide bonds. The Balaban J connectivity index is 2.85. The van der Waals surface area contributed by atoms with Gasteiger partial charge in [0.05, 0.1) is 18.8 Å². The maximum absolute atomic E-state index is 13.3. The van der Waals surface area contributed by atoms with Gasteiger partial charge in [-0.05, 0) is 37.8 Å². The number of aliphatic hydroxyl groups is 1. The summed E-state index contributed by atoms with van der Waals surface area (Å²) in [4.78, 5) is 0. The Labute approximate surface area is 148 Å². The Kier molecular flexibility index (Phi) is 8.73. The number of aliphatic hydroxyl groups excluding tert-OH is 1. The smallest absolute Gasteiger partial charge is 0.419 e. The fourth-order valence-corrected chi connectivity index (χ4v) is 2.55. The highest BCUT2D eigenvalue weighted by atomic mass is 19.4. The van der Waals surface area contributed by atoms with Crippen LogP contribution < -0.4 is 10.5 Å². The summed E-state index contributed by atoms with van der Waals surface area (Å²) in [5.74, 6) is -0.0979. The summed E-state index contributed by atoms with van der Waals surface area (Å²) in [7, 11) is 0. The van der Waals surface area contributed by atoms with Crippen LogP contribution in [0.2, 0.25) is 0 Å². The predicted molar refractivity (Wildman–Crippen MR) is 93.7 cm³/mol. The molecule has 1 aromatic rings. The van der Waals surface area contributed by atoms with Gasteiger partial charge in [0.25, 0.3) is 0 Å². The molecule has 1 unspecified atom stereocenters. The van der Waals surface area contributed by atoms with E-state index in [1.807, 2.05) is 0 Å². The first-order chi connectivity index (χ1) is 11.7. The number of hydrogen-bond donors (Lipinski definition) is 2. The van der Waals surface area contributed by atoms with Gasteiger partial charge in [-0.1, -0.05) is 44.7 Å². The first-order valence-electron chi connectivity index (χ1n) is 8.93. The van der Waals surface area contributed by atoms with Crippen LogP contribution in [0, 0.1) is 0 Å². The SMILES string of the molecule is CCCCCCCOc1c(CCC(C)(N)CO)cccc1C(F)(F)F. The second-order valence-corrected chi connectivity index (χ2v) is 6.87. The van der Waals surface area contributed by atoms with Crippen LogP contribution in [0.25, 0.3) is 0 Å². The molecule has 0 aliphatic carbocycles. The predicted octanol–water partition coefficient (Wildman–Crippen LogP) is 4.70. The maximum atomic E-state index is 13.3. The van der Waals surface area contributed by atoms with E-state index in [0.29, 0.717) is 18.4 Å². The molecule has 1 atom stereocenters. The fraction of sp³-hybridized carbons (Fsp3) is 0.684. The topological polar surface area (TPSA) is 55.5 Å². The molecule has 3 nitrogen and oxygen atoms in total. The van der Waals surface area contributed by atoms with Crippen molar-refractivity contribution < 1.29 is 23.0 Å². The van der Waals surface area contributed by atoms with Gasteiger partial charge in [-0.3, -0.25) is 0 Å². The van der Waals surface area contributed by atoms with E-state index in [2.05, 4.69) is 6.92 Å². The number of ether oxygens (including phenoxy) is 1. The van der Waals surface area contributed by atoms with Gasteiger partial charge in [-0.2, -0.15) is 13.2 Å². The summed E-state index contributed by atoms with van der Waals surface area (Å²) in [5, 5.41) is 9.23. The zero-order chi connectivity index (χ0) is 18.9. The third kappa shape index (κ3) is 7.65. The molecule has 144 valence electrons. The number of alkyl halides is 3. The van der Waals surface area contributed by atoms with E-state index in [1.54, 1.807) is 13.0 Å². The fourth-order valence-electron chi connectivity index (χ4n) is 2.55. The van der Waals surface area contributed by atoms with Gasteiger partial charge in [0.2, 0.25) is 0 Å². The number of halogens is 3. The lowest BCUT2D eigenvalue weighted by atomic mass is 9.94. The number of nitrogens with two attached hydrogens (primary N) is 1. The molecule has 0 aliphatic heterocycles. The molecule has 0 bridgehead atoms. The summed E-state index contributed by atoms with van der Waals surface area (Å²) < 4.78 is 45.5. The normalized spacial score (nSPS) is 14.4. The molecule has 0 spiro atoms.